The highest BCUT2D eigenvalue weighted by molar-refractivity contribution is 5.96. The van der Waals surface area contributed by atoms with E-state index in [2.05, 4.69) is 18.8 Å². The van der Waals surface area contributed by atoms with Gasteiger partial charge < -0.3 is 4.74 Å². The first kappa shape index (κ1) is 18.0. The predicted octanol–water partition coefficient (Wildman–Crippen LogP) is 5.59. The van der Waals surface area contributed by atoms with Crippen molar-refractivity contribution >= 4 is 17.6 Å². The SMILES string of the molecule is Cc1ccnc(N(C(=O)OC(C)(C)C)c2ccccc2C(C)C)c1. The minimum absolute atomic E-state index is 0.274. The number of nitrogens with zero attached hydrogens (tertiary/aromatic N) is 2. The molecule has 128 valence electrons. The number of rotatable bonds is 3. The Kier molecular flexibility index (Phi) is 5.27. The molecule has 0 radical (unpaired) electrons. The van der Waals surface area contributed by atoms with Crippen LogP contribution in [-0.4, -0.2) is 16.7 Å². The standard InChI is InChI=1S/C20H26N2O2/c1-14(2)16-9-7-8-10-17(16)22(19(23)24-20(4,5)6)18-13-15(3)11-12-21-18/h7-14H,1-6H3. The van der Waals surface area contributed by atoms with Gasteiger partial charge in [0.25, 0.3) is 0 Å². The van der Waals surface area contributed by atoms with E-state index in [4.69, 9.17) is 4.74 Å². The number of para-hydroxylation sites is 1. The summed E-state index contributed by atoms with van der Waals surface area (Å²) in [6.07, 6.45) is 1.29. The minimum atomic E-state index is -0.577. The number of pyridine rings is 1. The molecule has 0 saturated carbocycles. The van der Waals surface area contributed by atoms with Gasteiger partial charge in [0.2, 0.25) is 0 Å². The Balaban J connectivity index is 2.58. The fraction of sp³-hybridized carbons (Fsp3) is 0.400. The van der Waals surface area contributed by atoms with Gasteiger partial charge in [-0.15, -0.1) is 0 Å². The van der Waals surface area contributed by atoms with Crippen molar-refractivity contribution in [2.24, 2.45) is 0 Å². The van der Waals surface area contributed by atoms with E-state index in [1.165, 1.54) is 0 Å². The molecule has 0 atom stereocenters. The summed E-state index contributed by atoms with van der Waals surface area (Å²) in [6, 6.07) is 11.7. The monoisotopic (exact) mass is 326 g/mol. The molecule has 2 rings (SSSR count). The normalized spacial score (nSPS) is 11.5. The third-order valence-corrected chi connectivity index (χ3v) is 3.51. The average molecular weight is 326 g/mol. The molecule has 0 bridgehead atoms. The van der Waals surface area contributed by atoms with Crippen LogP contribution in [0.2, 0.25) is 0 Å². The van der Waals surface area contributed by atoms with Crippen LogP contribution in [0.5, 0.6) is 0 Å². The van der Waals surface area contributed by atoms with Crippen molar-refractivity contribution in [3.63, 3.8) is 0 Å². The van der Waals surface area contributed by atoms with Gasteiger partial charge in [0, 0.05) is 6.20 Å². The molecule has 0 aliphatic heterocycles. The van der Waals surface area contributed by atoms with E-state index < -0.39 is 11.7 Å². The maximum Gasteiger partial charge on any atom is 0.420 e. The van der Waals surface area contributed by atoms with Gasteiger partial charge in [0.1, 0.15) is 11.4 Å². The lowest BCUT2D eigenvalue weighted by molar-refractivity contribution is 0.0598. The predicted molar refractivity (Wildman–Crippen MR) is 97.9 cm³/mol. The molecule has 0 unspecified atom stereocenters. The minimum Gasteiger partial charge on any atom is -0.443 e. The number of anilines is 2. The molecular formula is C20H26N2O2. The molecule has 1 amide bonds. The van der Waals surface area contributed by atoms with Gasteiger partial charge in [-0.3, -0.25) is 0 Å². The van der Waals surface area contributed by atoms with Crippen LogP contribution in [0.15, 0.2) is 42.6 Å². The topological polar surface area (TPSA) is 42.4 Å². The quantitative estimate of drug-likeness (QED) is 0.738. The molecule has 0 fully saturated rings. The van der Waals surface area contributed by atoms with Crippen molar-refractivity contribution in [2.75, 3.05) is 4.90 Å². The Bertz CT molecular complexity index is 718. The zero-order chi connectivity index (χ0) is 17.9. The fourth-order valence-electron chi connectivity index (χ4n) is 2.44. The summed E-state index contributed by atoms with van der Waals surface area (Å²) in [5.41, 5.74) is 2.34. The smallest absolute Gasteiger partial charge is 0.420 e. The number of benzene rings is 1. The van der Waals surface area contributed by atoms with Gasteiger partial charge in [0.05, 0.1) is 5.69 Å². The Hall–Kier alpha value is -2.36. The van der Waals surface area contributed by atoms with E-state index in [9.17, 15) is 4.79 Å². The van der Waals surface area contributed by atoms with Crippen molar-refractivity contribution in [1.29, 1.82) is 0 Å². The fourth-order valence-corrected chi connectivity index (χ4v) is 2.44. The number of aryl methyl sites for hydroxylation is 1. The van der Waals surface area contributed by atoms with Crippen molar-refractivity contribution in [2.45, 2.75) is 53.1 Å². The lowest BCUT2D eigenvalue weighted by Crippen LogP contribution is -2.34. The van der Waals surface area contributed by atoms with Crippen LogP contribution < -0.4 is 4.90 Å². The molecule has 24 heavy (non-hydrogen) atoms. The zero-order valence-corrected chi connectivity index (χ0v) is 15.3. The third-order valence-electron chi connectivity index (χ3n) is 3.51. The first-order chi connectivity index (χ1) is 11.2. The largest absolute Gasteiger partial charge is 0.443 e. The van der Waals surface area contributed by atoms with Gasteiger partial charge in [-0.2, -0.15) is 0 Å². The number of hydrogen-bond acceptors (Lipinski definition) is 3. The highest BCUT2D eigenvalue weighted by Crippen LogP contribution is 2.33. The van der Waals surface area contributed by atoms with E-state index in [1.54, 1.807) is 11.1 Å². The summed E-state index contributed by atoms with van der Waals surface area (Å²) >= 11 is 0. The van der Waals surface area contributed by atoms with Gasteiger partial charge in [0.15, 0.2) is 0 Å². The molecule has 0 aliphatic carbocycles. The maximum absolute atomic E-state index is 12.9. The van der Waals surface area contributed by atoms with Crippen LogP contribution in [0, 0.1) is 6.92 Å². The lowest BCUT2D eigenvalue weighted by atomic mass is 10.0. The molecule has 0 spiro atoms. The van der Waals surface area contributed by atoms with Crippen molar-refractivity contribution in [3.8, 4) is 0 Å². The molecule has 0 N–H and O–H groups in total. The van der Waals surface area contributed by atoms with E-state index in [0.29, 0.717) is 5.82 Å². The third kappa shape index (κ3) is 4.34. The van der Waals surface area contributed by atoms with E-state index in [1.807, 2.05) is 64.1 Å². The van der Waals surface area contributed by atoms with E-state index in [0.717, 1.165) is 16.8 Å². The van der Waals surface area contributed by atoms with Crippen molar-refractivity contribution < 1.29 is 9.53 Å². The highest BCUT2D eigenvalue weighted by Gasteiger charge is 2.27. The molecule has 4 nitrogen and oxygen atoms in total. The Morgan fingerprint density at radius 1 is 1.17 bits per heavy atom. The van der Waals surface area contributed by atoms with Crippen LogP contribution in [-0.2, 0) is 4.74 Å². The van der Waals surface area contributed by atoms with Crippen molar-refractivity contribution in [3.05, 3.63) is 53.7 Å². The summed E-state index contributed by atoms with van der Waals surface area (Å²) in [4.78, 5) is 18.9. The first-order valence-electron chi connectivity index (χ1n) is 8.24. The Morgan fingerprint density at radius 3 is 2.42 bits per heavy atom. The number of carbonyl (C=O) groups is 1. The van der Waals surface area contributed by atoms with Gasteiger partial charge in [-0.05, 0) is 62.9 Å². The van der Waals surface area contributed by atoms with Crippen LogP contribution in [0.3, 0.4) is 0 Å². The zero-order valence-electron chi connectivity index (χ0n) is 15.3. The Morgan fingerprint density at radius 2 is 1.83 bits per heavy atom. The van der Waals surface area contributed by atoms with Crippen LogP contribution in [0.4, 0.5) is 16.3 Å². The number of hydrogen-bond donors (Lipinski definition) is 0. The molecule has 1 aromatic carbocycles. The molecule has 1 heterocycles. The second-order valence-corrected chi connectivity index (χ2v) is 7.22. The molecule has 0 aliphatic rings. The lowest BCUT2D eigenvalue weighted by Gasteiger charge is -2.29. The van der Waals surface area contributed by atoms with E-state index in [-0.39, 0.29) is 5.92 Å². The van der Waals surface area contributed by atoms with Gasteiger partial charge >= 0.3 is 6.09 Å². The van der Waals surface area contributed by atoms with Crippen LogP contribution in [0.1, 0.15) is 51.7 Å². The molecule has 0 saturated heterocycles. The summed E-state index contributed by atoms with van der Waals surface area (Å²) in [7, 11) is 0. The van der Waals surface area contributed by atoms with E-state index >= 15 is 0 Å². The maximum atomic E-state index is 12.9. The highest BCUT2D eigenvalue weighted by atomic mass is 16.6. The second-order valence-electron chi connectivity index (χ2n) is 7.22. The summed E-state index contributed by atoms with van der Waals surface area (Å²) in [5.74, 6) is 0.841. The molecule has 4 heteroatoms. The summed E-state index contributed by atoms with van der Waals surface area (Å²) < 4.78 is 5.63. The summed E-state index contributed by atoms with van der Waals surface area (Å²) in [6.45, 7) is 11.8. The molecular weight excluding hydrogens is 300 g/mol. The summed E-state index contributed by atoms with van der Waals surface area (Å²) in [5, 5.41) is 0. The van der Waals surface area contributed by atoms with Crippen LogP contribution >= 0.6 is 0 Å². The van der Waals surface area contributed by atoms with Gasteiger partial charge in [-0.25, -0.2) is 14.7 Å². The Labute approximate surface area is 144 Å². The first-order valence-corrected chi connectivity index (χ1v) is 8.24. The average Bonchev–Trinajstić information content (AvgIpc) is 2.46. The molecule has 1 aromatic heterocycles. The number of amides is 1. The number of carbonyl (C=O) groups excluding carboxylic acids is 1. The molecule has 2 aromatic rings. The number of ether oxygens (including phenoxy) is 1. The van der Waals surface area contributed by atoms with Gasteiger partial charge in [-0.1, -0.05) is 32.0 Å². The van der Waals surface area contributed by atoms with Crippen LogP contribution in [0.25, 0.3) is 0 Å². The van der Waals surface area contributed by atoms with Crippen molar-refractivity contribution in [1.82, 2.24) is 4.98 Å². The number of aromatic nitrogens is 1. The second kappa shape index (κ2) is 7.04.